The van der Waals surface area contributed by atoms with Gasteiger partial charge in [0.25, 0.3) is 0 Å². The molecule has 1 N–H and O–H groups in total. The number of amides is 1. The Kier molecular flexibility index (Phi) is 5.59. The van der Waals surface area contributed by atoms with E-state index in [1.54, 1.807) is 4.57 Å². The van der Waals surface area contributed by atoms with E-state index in [9.17, 15) is 9.59 Å². The van der Waals surface area contributed by atoms with Gasteiger partial charge in [0.2, 0.25) is 5.91 Å². The maximum Gasteiger partial charge on any atom is 0.343 e. The molecule has 0 aromatic carbocycles. The number of hydrogen-bond donors (Lipinski definition) is 1. The minimum Gasteiger partial charge on any atom is -0.342 e. The topological polar surface area (TPSA) is 71.0 Å². The van der Waals surface area contributed by atoms with Crippen molar-refractivity contribution >= 4 is 5.91 Å². The minimum absolute atomic E-state index is 0.154. The number of nitrogens with one attached hydrogen (secondary N) is 1. The molecule has 1 fully saturated rings. The molecule has 0 unspecified atom stereocenters. The summed E-state index contributed by atoms with van der Waals surface area (Å²) >= 11 is 0. The highest BCUT2D eigenvalue weighted by atomic mass is 16.2. The van der Waals surface area contributed by atoms with E-state index in [4.69, 9.17) is 0 Å². The molecule has 1 aromatic rings. The van der Waals surface area contributed by atoms with E-state index in [1.807, 2.05) is 11.8 Å². The number of unbranched alkanes of at least 4 members (excludes halogenated alkanes) is 2. The van der Waals surface area contributed by atoms with Gasteiger partial charge in [-0.1, -0.05) is 19.8 Å². The summed E-state index contributed by atoms with van der Waals surface area (Å²) in [5, 5.41) is 6.69. The lowest BCUT2D eigenvalue weighted by Crippen LogP contribution is -2.40. The second-order valence-corrected chi connectivity index (χ2v) is 5.77. The Hall–Kier alpha value is -1.59. The Bertz CT molecular complexity index is 520. The largest absolute Gasteiger partial charge is 0.343 e. The van der Waals surface area contributed by atoms with Crippen LogP contribution >= 0.6 is 0 Å². The smallest absolute Gasteiger partial charge is 0.342 e. The monoisotopic (exact) mass is 294 g/mol. The van der Waals surface area contributed by atoms with Crippen molar-refractivity contribution in [3.63, 3.8) is 0 Å². The summed E-state index contributed by atoms with van der Waals surface area (Å²) in [5.41, 5.74) is -0.154. The molecule has 0 bridgehead atoms. The predicted octanol–water partition coefficient (Wildman–Crippen LogP) is 1.88. The Balaban J connectivity index is 2.00. The van der Waals surface area contributed by atoms with Gasteiger partial charge in [-0.05, 0) is 26.2 Å². The number of nitrogens with zero attached hydrogens (tertiary/aromatic N) is 3. The van der Waals surface area contributed by atoms with Crippen molar-refractivity contribution in [3.8, 4) is 0 Å². The highest BCUT2D eigenvalue weighted by molar-refractivity contribution is 5.76. The fourth-order valence-corrected chi connectivity index (χ4v) is 3.05. The van der Waals surface area contributed by atoms with Crippen molar-refractivity contribution in [2.75, 3.05) is 13.1 Å². The molecule has 0 saturated carbocycles. The van der Waals surface area contributed by atoms with Crippen molar-refractivity contribution in [2.45, 2.75) is 64.8 Å². The molecular weight excluding hydrogens is 268 g/mol. The van der Waals surface area contributed by atoms with Gasteiger partial charge < -0.3 is 4.90 Å². The molecule has 21 heavy (non-hydrogen) atoms. The number of aromatic amines is 1. The number of rotatable bonds is 6. The average Bonchev–Trinajstić information content (AvgIpc) is 2.88. The summed E-state index contributed by atoms with van der Waals surface area (Å²) in [6, 6.07) is 0. The molecule has 1 aliphatic heterocycles. The van der Waals surface area contributed by atoms with Crippen molar-refractivity contribution < 1.29 is 4.79 Å². The molecule has 6 nitrogen and oxygen atoms in total. The summed E-state index contributed by atoms with van der Waals surface area (Å²) in [6.07, 6.45) is 5.82. The van der Waals surface area contributed by atoms with Gasteiger partial charge in [-0.15, -0.1) is 0 Å². The quantitative estimate of drug-likeness (QED) is 0.814. The van der Waals surface area contributed by atoms with Crippen molar-refractivity contribution in [3.05, 3.63) is 16.3 Å². The molecule has 118 valence electrons. The van der Waals surface area contributed by atoms with E-state index in [1.165, 1.54) is 0 Å². The first-order chi connectivity index (χ1) is 10.2. The second-order valence-electron chi connectivity index (χ2n) is 5.77. The summed E-state index contributed by atoms with van der Waals surface area (Å²) in [4.78, 5) is 25.9. The van der Waals surface area contributed by atoms with Gasteiger partial charge in [0, 0.05) is 32.0 Å². The minimum atomic E-state index is -0.154. The normalized spacial score (nSPS) is 19.0. The van der Waals surface area contributed by atoms with E-state index in [-0.39, 0.29) is 17.5 Å². The molecule has 0 aliphatic carbocycles. The van der Waals surface area contributed by atoms with Gasteiger partial charge in [0.15, 0.2) is 0 Å². The third-order valence-electron chi connectivity index (χ3n) is 4.24. The highest BCUT2D eigenvalue weighted by Gasteiger charge is 2.27. The number of aromatic nitrogens is 3. The molecule has 0 spiro atoms. The lowest BCUT2D eigenvalue weighted by atomic mass is 9.96. The van der Waals surface area contributed by atoms with Crippen LogP contribution in [0.15, 0.2) is 4.79 Å². The first-order valence-electron chi connectivity index (χ1n) is 8.10. The van der Waals surface area contributed by atoms with Crippen LogP contribution in [-0.2, 0) is 11.3 Å². The summed E-state index contributed by atoms with van der Waals surface area (Å²) in [6.45, 7) is 6.23. The van der Waals surface area contributed by atoms with Crippen LogP contribution in [0.4, 0.5) is 0 Å². The van der Waals surface area contributed by atoms with Crippen LogP contribution in [0.25, 0.3) is 0 Å². The van der Waals surface area contributed by atoms with Crippen molar-refractivity contribution in [1.29, 1.82) is 0 Å². The van der Waals surface area contributed by atoms with Crippen LogP contribution in [0.2, 0.25) is 0 Å². The Morgan fingerprint density at radius 1 is 1.38 bits per heavy atom. The van der Waals surface area contributed by atoms with Gasteiger partial charge >= 0.3 is 5.69 Å². The summed E-state index contributed by atoms with van der Waals surface area (Å²) < 4.78 is 1.68. The summed E-state index contributed by atoms with van der Waals surface area (Å²) in [7, 11) is 0. The van der Waals surface area contributed by atoms with Gasteiger partial charge in [-0.3, -0.25) is 9.36 Å². The highest BCUT2D eigenvalue weighted by Crippen LogP contribution is 2.25. The van der Waals surface area contributed by atoms with E-state index >= 15 is 0 Å². The zero-order valence-corrected chi connectivity index (χ0v) is 13.1. The molecule has 2 heterocycles. The maximum atomic E-state index is 12.2. The molecule has 1 aliphatic rings. The van der Waals surface area contributed by atoms with E-state index < -0.39 is 0 Å². The maximum absolute atomic E-state index is 12.2. The first-order valence-corrected chi connectivity index (χ1v) is 8.10. The molecule has 0 radical (unpaired) electrons. The standard InChI is InChI=1S/C15H26N4O2/c1-3-5-6-9-13(20)18-10-7-8-12(11-18)14-16-17-15(21)19(14)4-2/h12H,3-11H2,1-2H3,(H,17,21)/t12-/m1/s1. The lowest BCUT2D eigenvalue weighted by Gasteiger charge is -2.32. The zero-order chi connectivity index (χ0) is 15.2. The zero-order valence-electron chi connectivity index (χ0n) is 13.1. The van der Waals surface area contributed by atoms with Crippen LogP contribution < -0.4 is 5.69 Å². The van der Waals surface area contributed by atoms with E-state index in [0.717, 1.165) is 44.5 Å². The van der Waals surface area contributed by atoms with Gasteiger partial charge in [-0.25, -0.2) is 9.89 Å². The van der Waals surface area contributed by atoms with Crippen LogP contribution in [0.3, 0.4) is 0 Å². The van der Waals surface area contributed by atoms with Crippen LogP contribution in [-0.4, -0.2) is 38.7 Å². The van der Waals surface area contributed by atoms with Crippen LogP contribution in [0.5, 0.6) is 0 Å². The number of H-pyrrole nitrogens is 1. The number of piperidine rings is 1. The number of likely N-dealkylation sites (tertiary alicyclic amines) is 1. The van der Waals surface area contributed by atoms with Gasteiger partial charge in [-0.2, -0.15) is 5.10 Å². The number of carbonyl (C=O) groups excluding carboxylic acids is 1. The van der Waals surface area contributed by atoms with Crippen LogP contribution in [0.1, 0.15) is 64.1 Å². The molecule has 1 aromatic heterocycles. The summed E-state index contributed by atoms with van der Waals surface area (Å²) in [5.74, 6) is 1.22. The number of hydrogen-bond acceptors (Lipinski definition) is 3. The molecular formula is C15H26N4O2. The van der Waals surface area contributed by atoms with Crippen LogP contribution in [0, 0.1) is 0 Å². The molecule has 1 amide bonds. The predicted molar refractivity (Wildman–Crippen MR) is 81.2 cm³/mol. The van der Waals surface area contributed by atoms with E-state index in [2.05, 4.69) is 17.1 Å². The fraction of sp³-hybridized carbons (Fsp3) is 0.800. The Labute approximate surface area is 125 Å². The lowest BCUT2D eigenvalue weighted by molar-refractivity contribution is -0.132. The molecule has 2 rings (SSSR count). The Morgan fingerprint density at radius 2 is 2.19 bits per heavy atom. The van der Waals surface area contributed by atoms with Gasteiger partial charge in [0.1, 0.15) is 5.82 Å². The third kappa shape index (κ3) is 3.74. The second kappa shape index (κ2) is 7.43. The molecule has 1 atom stereocenters. The van der Waals surface area contributed by atoms with E-state index in [0.29, 0.717) is 19.5 Å². The van der Waals surface area contributed by atoms with Crippen molar-refractivity contribution in [2.24, 2.45) is 0 Å². The third-order valence-corrected chi connectivity index (χ3v) is 4.24. The average molecular weight is 294 g/mol. The molecule has 6 heteroatoms. The first kappa shape index (κ1) is 15.8. The number of carbonyl (C=O) groups is 1. The van der Waals surface area contributed by atoms with Gasteiger partial charge in [0.05, 0.1) is 0 Å². The fourth-order valence-electron chi connectivity index (χ4n) is 3.05. The van der Waals surface area contributed by atoms with Crippen molar-refractivity contribution in [1.82, 2.24) is 19.7 Å². The Morgan fingerprint density at radius 3 is 2.90 bits per heavy atom. The SMILES string of the molecule is CCCCCC(=O)N1CCC[C@@H](c2n[nH]c(=O)n2CC)C1. The molecule has 1 saturated heterocycles.